The number of pyridine rings is 1. The van der Waals surface area contributed by atoms with Crippen LogP contribution in [0.4, 0.5) is 19.0 Å². The van der Waals surface area contributed by atoms with Gasteiger partial charge in [0.2, 0.25) is 0 Å². The molecule has 3 rings (SSSR count). The topological polar surface area (TPSA) is 51.1 Å². The Kier molecular flexibility index (Phi) is 4.98. The summed E-state index contributed by atoms with van der Waals surface area (Å²) in [6, 6.07) is 5.92. The molecule has 3 heterocycles. The number of halogens is 3. The van der Waals surface area contributed by atoms with Crippen LogP contribution in [0.5, 0.6) is 0 Å². The maximum absolute atomic E-state index is 13.2. The second-order valence-corrected chi connectivity index (χ2v) is 5.63. The lowest BCUT2D eigenvalue weighted by molar-refractivity contribution is -0.141. The fourth-order valence-electron chi connectivity index (χ4n) is 2.63. The molecular weight excluding hydrogens is 333 g/mol. The van der Waals surface area contributed by atoms with Crippen molar-refractivity contribution in [3.63, 3.8) is 0 Å². The summed E-state index contributed by atoms with van der Waals surface area (Å²) in [6.45, 7) is 5.05. The zero-order chi connectivity index (χ0) is 17.9. The van der Waals surface area contributed by atoms with E-state index in [0.29, 0.717) is 25.4 Å². The molecule has 1 saturated heterocycles. The molecular formula is C17H17F3N4O. The zero-order valence-electron chi connectivity index (χ0n) is 13.4. The van der Waals surface area contributed by atoms with Crippen molar-refractivity contribution in [1.82, 2.24) is 15.0 Å². The normalized spacial score (nSPS) is 17.7. The molecule has 132 valence electrons. The lowest BCUT2D eigenvalue weighted by Crippen LogP contribution is -2.25. The fraction of sp³-hybridized carbons (Fsp3) is 0.353. The minimum atomic E-state index is -4.56. The van der Waals surface area contributed by atoms with Gasteiger partial charge in [-0.05, 0) is 18.6 Å². The number of aromatic nitrogens is 3. The maximum atomic E-state index is 13.2. The monoisotopic (exact) mass is 350 g/mol. The van der Waals surface area contributed by atoms with E-state index in [2.05, 4.69) is 21.5 Å². The molecule has 1 aliphatic rings. The summed E-state index contributed by atoms with van der Waals surface area (Å²) in [7, 11) is 0. The highest BCUT2D eigenvalue weighted by molar-refractivity contribution is 5.54. The summed E-state index contributed by atoms with van der Waals surface area (Å²) in [5.41, 5.74) is -0.679. The third kappa shape index (κ3) is 4.14. The minimum absolute atomic E-state index is 0.0408. The van der Waals surface area contributed by atoms with E-state index in [9.17, 15) is 13.2 Å². The highest BCUT2D eigenvalue weighted by Gasteiger charge is 2.35. The molecule has 2 aromatic rings. The summed E-state index contributed by atoms with van der Waals surface area (Å²) in [5.74, 6) is 0.188. The van der Waals surface area contributed by atoms with E-state index < -0.39 is 11.9 Å². The van der Waals surface area contributed by atoms with E-state index >= 15 is 0 Å². The van der Waals surface area contributed by atoms with E-state index in [4.69, 9.17) is 4.74 Å². The van der Waals surface area contributed by atoms with Gasteiger partial charge in [-0.25, -0.2) is 9.97 Å². The average molecular weight is 350 g/mol. The van der Waals surface area contributed by atoms with Crippen LogP contribution >= 0.6 is 0 Å². The Hall–Kier alpha value is -2.48. The SMILES string of the molecule is C=CCOC1CCN(c2cc(C(F)(F)F)nc(-c3ccccn3)n2)C1. The zero-order valence-corrected chi connectivity index (χ0v) is 13.4. The Labute approximate surface area is 143 Å². The van der Waals surface area contributed by atoms with Crippen LogP contribution in [0.2, 0.25) is 0 Å². The van der Waals surface area contributed by atoms with Crippen molar-refractivity contribution in [2.45, 2.75) is 18.7 Å². The molecule has 0 aromatic carbocycles. The van der Waals surface area contributed by atoms with Gasteiger partial charge in [0.25, 0.3) is 0 Å². The van der Waals surface area contributed by atoms with Gasteiger partial charge in [-0.3, -0.25) is 4.98 Å². The second-order valence-electron chi connectivity index (χ2n) is 5.63. The summed E-state index contributed by atoms with van der Waals surface area (Å²) in [5, 5.41) is 0. The van der Waals surface area contributed by atoms with E-state index in [1.807, 2.05) is 0 Å². The molecule has 8 heteroatoms. The molecule has 0 spiro atoms. The number of rotatable bonds is 5. The Morgan fingerprint density at radius 1 is 1.32 bits per heavy atom. The third-order valence-corrected chi connectivity index (χ3v) is 3.82. The molecule has 0 saturated carbocycles. The predicted octanol–water partition coefficient (Wildman–Crippen LogP) is 3.34. The van der Waals surface area contributed by atoms with Crippen LogP contribution in [-0.4, -0.2) is 40.8 Å². The van der Waals surface area contributed by atoms with Crippen molar-refractivity contribution in [2.24, 2.45) is 0 Å². The molecule has 0 aliphatic carbocycles. The molecule has 0 N–H and O–H groups in total. The Bertz CT molecular complexity index is 736. The molecule has 0 amide bonds. The number of hydrogen-bond acceptors (Lipinski definition) is 5. The average Bonchev–Trinajstić information content (AvgIpc) is 3.08. The van der Waals surface area contributed by atoms with Crippen LogP contribution < -0.4 is 4.90 Å². The first-order valence-electron chi connectivity index (χ1n) is 7.82. The number of anilines is 1. The summed E-state index contributed by atoms with van der Waals surface area (Å²) < 4.78 is 45.3. The van der Waals surface area contributed by atoms with Gasteiger partial charge >= 0.3 is 6.18 Å². The molecule has 1 unspecified atom stereocenters. The molecule has 1 fully saturated rings. The number of nitrogens with zero attached hydrogens (tertiary/aromatic N) is 4. The minimum Gasteiger partial charge on any atom is -0.372 e. The van der Waals surface area contributed by atoms with E-state index in [1.165, 1.54) is 6.20 Å². The molecule has 25 heavy (non-hydrogen) atoms. The number of hydrogen-bond donors (Lipinski definition) is 0. The smallest absolute Gasteiger partial charge is 0.372 e. The molecule has 5 nitrogen and oxygen atoms in total. The number of alkyl halides is 3. The maximum Gasteiger partial charge on any atom is 0.433 e. The standard InChI is InChI=1S/C17H17F3N4O/c1-2-9-25-12-6-8-24(11-12)15-10-14(17(18,19)20)22-16(23-15)13-5-3-4-7-21-13/h2-5,7,10,12H,1,6,8-9,11H2. The van der Waals surface area contributed by atoms with Crippen molar-refractivity contribution >= 4 is 5.82 Å². The first-order chi connectivity index (χ1) is 12.0. The van der Waals surface area contributed by atoms with E-state index in [-0.39, 0.29) is 17.7 Å². The highest BCUT2D eigenvalue weighted by Crippen LogP contribution is 2.32. The highest BCUT2D eigenvalue weighted by atomic mass is 19.4. The fourth-order valence-corrected chi connectivity index (χ4v) is 2.63. The molecule has 0 bridgehead atoms. The van der Waals surface area contributed by atoms with Gasteiger partial charge in [0.15, 0.2) is 11.5 Å². The largest absolute Gasteiger partial charge is 0.433 e. The van der Waals surface area contributed by atoms with Crippen LogP contribution in [-0.2, 0) is 10.9 Å². The van der Waals surface area contributed by atoms with Gasteiger partial charge in [-0.1, -0.05) is 12.1 Å². The molecule has 0 radical (unpaired) electrons. The van der Waals surface area contributed by atoms with Gasteiger partial charge in [0, 0.05) is 25.4 Å². The van der Waals surface area contributed by atoms with Crippen molar-refractivity contribution in [3.05, 3.63) is 48.8 Å². The Morgan fingerprint density at radius 3 is 2.84 bits per heavy atom. The summed E-state index contributed by atoms with van der Waals surface area (Å²) >= 11 is 0. The lowest BCUT2D eigenvalue weighted by Gasteiger charge is -2.19. The van der Waals surface area contributed by atoms with Gasteiger partial charge in [-0.2, -0.15) is 13.2 Å². The van der Waals surface area contributed by atoms with Crippen LogP contribution in [0.15, 0.2) is 43.1 Å². The lowest BCUT2D eigenvalue weighted by atomic mass is 10.3. The van der Waals surface area contributed by atoms with Gasteiger partial charge < -0.3 is 9.64 Å². The quantitative estimate of drug-likeness (QED) is 0.774. The Morgan fingerprint density at radius 2 is 2.16 bits per heavy atom. The first kappa shape index (κ1) is 17.3. The van der Waals surface area contributed by atoms with Gasteiger partial charge in [0.1, 0.15) is 11.5 Å². The van der Waals surface area contributed by atoms with Crippen molar-refractivity contribution in [1.29, 1.82) is 0 Å². The van der Waals surface area contributed by atoms with Crippen molar-refractivity contribution in [3.8, 4) is 11.5 Å². The summed E-state index contributed by atoms with van der Waals surface area (Å²) in [4.78, 5) is 13.8. The molecule has 2 aromatic heterocycles. The van der Waals surface area contributed by atoms with Crippen LogP contribution in [0, 0.1) is 0 Å². The third-order valence-electron chi connectivity index (χ3n) is 3.82. The molecule has 1 atom stereocenters. The predicted molar refractivity (Wildman–Crippen MR) is 87.0 cm³/mol. The van der Waals surface area contributed by atoms with E-state index in [1.54, 1.807) is 29.2 Å². The van der Waals surface area contributed by atoms with Crippen LogP contribution in [0.25, 0.3) is 11.5 Å². The van der Waals surface area contributed by atoms with E-state index in [0.717, 1.165) is 12.5 Å². The first-order valence-corrected chi connectivity index (χ1v) is 7.82. The number of ether oxygens (including phenoxy) is 1. The molecule has 1 aliphatic heterocycles. The van der Waals surface area contributed by atoms with Crippen molar-refractivity contribution < 1.29 is 17.9 Å². The van der Waals surface area contributed by atoms with Crippen LogP contribution in [0.3, 0.4) is 0 Å². The van der Waals surface area contributed by atoms with Gasteiger partial charge in [0.05, 0.1) is 12.7 Å². The van der Waals surface area contributed by atoms with Crippen LogP contribution in [0.1, 0.15) is 12.1 Å². The summed E-state index contributed by atoms with van der Waals surface area (Å²) in [6.07, 6.45) is -0.750. The Balaban J connectivity index is 1.92. The van der Waals surface area contributed by atoms with Crippen molar-refractivity contribution in [2.75, 3.05) is 24.6 Å². The van der Waals surface area contributed by atoms with Gasteiger partial charge in [-0.15, -0.1) is 6.58 Å². The second kappa shape index (κ2) is 7.18.